The predicted molar refractivity (Wildman–Crippen MR) is 134 cm³/mol. The number of rotatable bonds is 5. The Labute approximate surface area is 199 Å². The van der Waals surface area contributed by atoms with Crippen LogP contribution in [-0.2, 0) is 4.79 Å². The number of carbonyl (C=O) groups is 2. The van der Waals surface area contributed by atoms with Gasteiger partial charge in [-0.25, -0.2) is 5.43 Å². The summed E-state index contributed by atoms with van der Waals surface area (Å²) in [5.74, 6) is -0.523. The molecule has 0 radical (unpaired) electrons. The second-order valence-corrected chi connectivity index (χ2v) is 8.92. The number of aryl methyl sites for hydroxylation is 1. The van der Waals surface area contributed by atoms with E-state index in [0.29, 0.717) is 5.56 Å². The molecule has 0 spiro atoms. The number of hydrazone groups is 1. The number of halogens is 1. The van der Waals surface area contributed by atoms with Gasteiger partial charge in [-0.2, -0.15) is 5.10 Å². The first-order valence-corrected chi connectivity index (χ1v) is 11.3. The molecule has 1 N–H and O–H groups in total. The molecule has 7 heteroatoms. The molecule has 1 aromatic heterocycles. The van der Waals surface area contributed by atoms with Crippen molar-refractivity contribution in [1.29, 1.82) is 0 Å². The first-order valence-electron chi connectivity index (χ1n) is 10.5. The highest BCUT2D eigenvalue weighted by atomic mass is 79.9. The minimum absolute atomic E-state index is 0.0954. The molecule has 0 unspecified atom stereocenters. The zero-order valence-electron chi connectivity index (χ0n) is 18.2. The van der Waals surface area contributed by atoms with Gasteiger partial charge < -0.3 is 4.57 Å². The van der Waals surface area contributed by atoms with E-state index >= 15 is 0 Å². The fraction of sp³-hybridized carbons (Fsp3) is 0.115. The lowest BCUT2D eigenvalue weighted by atomic mass is 10.1. The number of benzene rings is 3. The molecule has 1 aliphatic rings. The van der Waals surface area contributed by atoms with Crippen molar-refractivity contribution in [3.05, 3.63) is 93.7 Å². The molecule has 5 rings (SSSR count). The van der Waals surface area contributed by atoms with Gasteiger partial charge in [0.25, 0.3) is 11.8 Å². The molecular formula is C26H21BrN4O2. The number of hydrogen-bond acceptors (Lipinski definition) is 3. The van der Waals surface area contributed by atoms with Crippen LogP contribution in [0.4, 0.5) is 5.69 Å². The van der Waals surface area contributed by atoms with Gasteiger partial charge in [-0.15, -0.1) is 0 Å². The molecule has 0 atom stereocenters. The molecule has 33 heavy (non-hydrogen) atoms. The third-order valence-electron chi connectivity index (χ3n) is 5.90. The van der Waals surface area contributed by atoms with Crippen LogP contribution in [0.5, 0.6) is 0 Å². The number of hydrogen-bond donors (Lipinski definition) is 1. The lowest BCUT2D eigenvalue weighted by Crippen LogP contribution is -2.37. The molecule has 0 saturated carbocycles. The highest BCUT2D eigenvalue weighted by Gasteiger charge is 2.30. The average molecular weight is 501 g/mol. The van der Waals surface area contributed by atoms with Crippen LogP contribution in [0.25, 0.3) is 16.5 Å². The Bertz CT molecular complexity index is 1430. The minimum Gasteiger partial charge on any atom is -0.318 e. The van der Waals surface area contributed by atoms with Crippen LogP contribution in [-0.4, -0.2) is 29.1 Å². The van der Waals surface area contributed by atoms with E-state index in [1.807, 2.05) is 74.5 Å². The van der Waals surface area contributed by atoms with E-state index < -0.39 is 0 Å². The first-order chi connectivity index (χ1) is 15.9. The molecule has 0 saturated heterocycles. The van der Waals surface area contributed by atoms with Gasteiger partial charge >= 0.3 is 0 Å². The third kappa shape index (κ3) is 3.74. The van der Waals surface area contributed by atoms with E-state index in [1.54, 1.807) is 12.3 Å². The van der Waals surface area contributed by atoms with Gasteiger partial charge in [-0.3, -0.25) is 14.5 Å². The highest BCUT2D eigenvalue weighted by Crippen LogP contribution is 2.36. The van der Waals surface area contributed by atoms with Crippen molar-refractivity contribution in [2.24, 2.45) is 5.10 Å². The van der Waals surface area contributed by atoms with Crippen molar-refractivity contribution >= 4 is 50.4 Å². The van der Waals surface area contributed by atoms with Crippen molar-refractivity contribution in [2.45, 2.75) is 13.8 Å². The summed E-state index contributed by atoms with van der Waals surface area (Å²) in [5, 5.41) is 6.02. The largest absolute Gasteiger partial charge is 0.318 e. The Morgan fingerprint density at radius 2 is 1.79 bits per heavy atom. The van der Waals surface area contributed by atoms with Gasteiger partial charge in [0, 0.05) is 38.1 Å². The highest BCUT2D eigenvalue weighted by molar-refractivity contribution is 9.10. The Hall–Kier alpha value is -3.71. The smallest absolute Gasteiger partial charge is 0.260 e. The van der Waals surface area contributed by atoms with Crippen molar-refractivity contribution in [2.75, 3.05) is 11.4 Å². The van der Waals surface area contributed by atoms with Gasteiger partial charge in [0.2, 0.25) is 0 Å². The van der Waals surface area contributed by atoms with Crippen LogP contribution >= 0.6 is 15.9 Å². The Morgan fingerprint density at radius 1 is 1.06 bits per heavy atom. The molecule has 0 fully saturated rings. The van der Waals surface area contributed by atoms with Crippen molar-refractivity contribution < 1.29 is 9.59 Å². The number of nitrogens with one attached hydrogen (secondary N) is 1. The molecule has 1 aliphatic heterocycles. The predicted octanol–water partition coefficient (Wildman–Crippen LogP) is 5.12. The van der Waals surface area contributed by atoms with Crippen molar-refractivity contribution in [3.63, 3.8) is 0 Å². The minimum atomic E-state index is -0.355. The SMILES string of the molecule is Cc1cc(/C=N\NC(=O)CN2C(=O)c3cccc4cccc2c34)c(C)n1-c1ccc(Br)cc1. The van der Waals surface area contributed by atoms with Crippen molar-refractivity contribution in [1.82, 2.24) is 9.99 Å². The summed E-state index contributed by atoms with van der Waals surface area (Å²) in [7, 11) is 0. The Balaban J connectivity index is 1.30. The Morgan fingerprint density at radius 3 is 2.55 bits per heavy atom. The number of anilines is 1. The average Bonchev–Trinajstić information content (AvgIpc) is 3.24. The lowest BCUT2D eigenvalue weighted by molar-refractivity contribution is -0.119. The standard InChI is InChI=1S/C26H21BrN4O2/c1-16-13-19(17(2)31(16)21-11-9-20(27)10-12-21)14-28-29-24(32)15-30-23-8-4-6-18-5-3-7-22(25(18)23)26(30)33/h3-14H,15H2,1-2H3,(H,29,32)/b28-14-. The molecule has 2 amide bonds. The summed E-state index contributed by atoms with van der Waals surface area (Å²) in [5.41, 5.74) is 7.99. The molecule has 4 aromatic rings. The molecule has 0 bridgehead atoms. The van der Waals surface area contributed by atoms with Crippen LogP contribution in [0.15, 0.2) is 76.3 Å². The summed E-state index contributed by atoms with van der Waals surface area (Å²) in [6.07, 6.45) is 1.64. The molecular weight excluding hydrogens is 480 g/mol. The zero-order valence-corrected chi connectivity index (χ0v) is 19.8. The maximum Gasteiger partial charge on any atom is 0.260 e. The fourth-order valence-electron chi connectivity index (χ4n) is 4.39. The fourth-order valence-corrected chi connectivity index (χ4v) is 4.66. The number of nitrogens with zero attached hydrogens (tertiary/aromatic N) is 3. The number of aromatic nitrogens is 1. The van der Waals surface area contributed by atoms with E-state index in [-0.39, 0.29) is 18.4 Å². The third-order valence-corrected chi connectivity index (χ3v) is 6.43. The molecule has 164 valence electrons. The van der Waals surface area contributed by atoms with Crippen molar-refractivity contribution in [3.8, 4) is 5.69 Å². The second-order valence-electron chi connectivity index (χ2n) is 8.00. The van der Waals surface area contributed by atoms with Gasteiger partial charge in [0.15, 0.2) is 0 Å². The van der Waals surface area contributed by atoms with Gasteiger partial charge in [0.1, 0.15) is 6.54 Å². The van der Waals surface area contributed by atoms with E-state index in [4.69, 9.17) is 0 Å². The number of amides is 2. The summed E-state index contributed by atoms with van der Waals surface area (Å²) < 4.78 is 3.16. The first kappa shape index (κ1) is 21.2. The van der Waals surface area contributed by atoms with Crippen LogP contribution in [0.1, 0.15) is 27.3 Å². The van der Waals surface area contributed by atoms with E-state index in [9.17, 15) is 9.59 Å². The summed E-state index contributed by atoms with van der Waals surface area (Å²) in [6, 6.07) is 21.5. The van der Waals surface area contributed by atoms with Crippen LogP contribution in [0.3, 0.4) is 0 Å². The molecule has 0 aliphatic carbocycles. The molecule has 3 aromatic carbocycles. The van der Waals surface area contributed by atoms with E-state index in [0.717, 1.165) is 43.6 Å². The summed E-state index contributed by atoms with van der Waals surface area (Å²) >= 11 is 3.46. The quantitative estimate of drug-likeness (QED) is 0.305. The maximum atomic E-state index is 12.9. The summed E-state index contributed by atoms with van der Waals surface area (Å²) in [4.78, 5) is 26.9. The summed E-state index contributed by atoms with van der Waals surface area (Å²) in [6.45, 7) is 3.95. The topological polar surface area (TPSA) is 66.7 Å². The Kier molecular flexibility index (Phi) is 5.34. The van der Waals surface area contributed by atoms with Crippen LogP contribution < -0.4 is 10.3 Å². The van der Waals surface area contributed by atoms with E-state index in [1.165, 1.54) is 4.90 Å². The zero-order chi connectivity index (χ0) is 23.1. The lowest BCUT2D eigenvalue weighted by Gasteiger charge is -2.16. The monoisotopic (exact) mass is 500 g/mol. The van der Waals surface area contributed by atoms with Crippen LogP contribution in [0.2, 0.25) is 0 Å². The maximum absolute atomic E-state index is 12.9. The normalized spacial score (nSPS) is 12.8. The number of carbonyl (C=O) groups excluding carboxylic acids is 2. The van der Waals surface area contributed by atoms with E-state index in [2.05, 4.69) is 31.0 Å². The van der Waals surface area contributed by atoms with Gasteiger partial charge in [-0.1, -0.05) is 40.2 Å². The molecule has 6 nitrogen and oxygen atoms in total. The second kappa shape index (κ2) is 8.33. The molecule has 2 heterocycles. The van der Waals surface area contributed by atoms with Gasteiger partial charge in [-0.05, 0) is 61.7 Å². The van der Waals surface area contributed by atoms with Crippen LogP contribution in [0, 0.1) is 13.8 Å². The van der Waals surface area contributed by atoms with Gasteiger partial charge in [0.05, 0.1) is 11.9 Å².